The van der Waals surface area contributed by atoms with Gasteiger partial charge in [0.1, 0.15) is 11.6 Å². The molecule has 0 unspecified atom stereocenters. The zero-order chi connectivity index (χ0) is 13.0. The number of thioether (sulfide) groups is 1. The molecule has 0 fully saturated rings. The molecule has 18 heavy (non-hydrogen) atoms. The Balaban J connectivity index is 1.85. The highest BCUT2D eigenvalue weighted by atomic mass is 35.5. The molecule has 4 nitrogen and oxygen atoms in total. The number of amidine groups is 1. The molecule has 1 heterocycles. The first-order chi connectivity index (χ1) is 8.65. The second-order valence-electron chi connectivity index (χ2n) is 3.45. The van der Waals surface area contributed by atoms with Crippen LogP contribution < -0.4 is 10.1 Å². The third-order valence-corrected chi connectivity index (χ3v) is 3.27. The van der Waals surface area contributed by atoms with Crippen LogP contribution in [-0.2, 0) is 4.79 Å². The van der Waals surface area contributed by atoms with Gasteiger partial charge in [-0.2, -0.15) is 0 Å². The molecule has 1 N–H and O–H groups in total. The number of carbonyl (C=O) groups is 1. The number of ether oxygens (including phenoxy) is 1. The smallest absolute Gasteiger partial charge is 0.263 e. The molecule has 0 radical (unpaired) electrons. The Hall–Kier alpha value is -1.27. The molecule has 1 aliphatic rings. The molecule has 0 saturated heterocycles. The Labute approximate surface area is 113 Å². The maximum absolute atomic E-state index is 12.8. The van der Waals surface area contributed by atoms with Crippen molar-refractivity contribution in [1.29, 1.82) is 0 Å². The summed E-state index contributed by atoms with van der Waals surface area (Å²) in [6.45, 7) is 0.524. The first-order valence-electron chi connectivity index (χ1n) is 5.20. The largest absolute Gasteiger partial charge is 0.482 e. The summed E-state index contributed by atoms with van der Waals surface area (Å²) in [6.07, 6.45) is 0. The molecule has 0 aromatic heterocycles. The first kappa shape index (κ1) is 13.2. The first-order valence-corrected chi connectivity index (χ1v) is 6.56. The summed E-state index contributed by atoms with van der Waals surface area (Å²) in [5.74, 6) is 0.381. The van der Waals surface area contributed by atoms with Crippen molar-refractivity contribution in [1.82, 2.24) is 5.32 Å². The van der Waals surface area contributed by atoms with E-state index >= 15 is 0 Å². The average Bonchev–Trinajstić information content (AvgIpc) is 2.80. The topological polar surface area (TPSA) is 50.7 Å². The number of halogens is 2. The highest BCUT2D eigenvalue weighted by Gasteiger charge is 2.12. The third-order valence-electron chi connectivity index (χ3n) is 2.08. The minimum atomic E-state index is -0.450. The van der Waals surface area contributed by atoms with E-state index in [1.54, 1.807) is 0 Å². The molecule has 0 spiro atoms. The molecule has 1 aliphatic heterocycles. The van der Waals surface area contributed by atoms with E-state index < -0.39 is 5.82 Å². The molecule has 0 aliphatic carbocycles. The number of benzene rings is 1. The molecule has 0 saturated carbocycles. The van der Waals surface area contributed by atoms with Crippen LogP contribution in [0.2, 0.25) is 5.02 Å². The molecular weight excluding hydrogens is 279 g/mol. The van der Waals surface area contributed by atoms with E-state index in [1.807, 2.05) is 0 Å². The van der Waals surface area contributed by atoms with E-state index in [-0.39, 0.29) is 23.3 Å². The molecule has 2 rings (SSSR count). The van der Waals surface area contributed by atoms with E-state index in [0.29, 0.717) is 11.7 Å². The van der Waals surface area contributed by atoms with Gasteiger partial charge in [0.05, 0.1) is 11.6 Å². The Bertz CT molecular complexity index is 496. The van der Waals surface area contributed by atoms with E-state index in [0.717, 1.165) is 11.8 Å². The SMILES string of the molecule is O=C(COc1ccc(F)cc1Cl)NC1=NCCS1. The van der Waals surface area contributed by atoms with Crippen molar-refractivity contribution in [2.24, 2.45) is 4.99 Å². The van der Waals surface area contributed by atoms with E-state index in [9.17, 15) is 9.18 Å². The summed E-state index contributed by atoms with van der Waals surface area (Å²) in [4.78, 5) is 15.6. The number of rotatable bonds is 3. The van der Waals surface area contributed by atoms with Crippen LogP contribution in [0.4, 0.5) is 4.39 Å². The van der Waals surface area contributed by atoms with Gasteiger partial charge in [0.15, 0.2) is 11.8 Å². The van der Waals surface area contributed by atoms with Crippen LogP contribution >= 0.6 is 23.4 Å². The Morgan fingerprint density at radius 1 is 1.61 bits per heavy atom. The lowest BCUT2D eigenvalue weighted by molar-refractivity contribution is -0.121. The van der Waals surface area contributed by atoms with Gasteiger partial charge in [-0.15, -0.1) is 0 Å². The summed E-state index contributed by atoms with van der Waals surface area (Å²) in [6, 6.07) is 3.73. The quantitative estimate of drug-likeness (QED) is 0.926. The molecular formula is C11H10ClFN2O2S. The average molecular weight is 289 g/mol. The van der Waals surface area contributed by atoms with Gasteiger partial charge in [-0.25, -0.2) is 4.39 Å². The van der Waals surface area contributed by atoms with Crippen LogP contribution in [-0.4, -0.2) is 30.0 Å². The van der Waals surface area contributed by atoms with Crippen molar-refractivity contribution in [3.05, 3.63) is 29.0 Å². The van der Waals surface area contributed by atoms with Crippen molar-refractivity contribution in [2.45, 2.75) is 0 Å². The lowest BCUT2D eigenvalue weighted by atomic mass is 10.3. The van der Waals surface area contributed by atoms with Gasteiger partial charge in [0, 0.05) is 5.75 Å². The van der Waals surface area contributed by atoms with Gasteiger partial charge in [0.2, 0.25) is 0 Å². The van der Waals surface area contributed by atoms with Crippen molar-refractivity contribution in [2.75, 3.05) is 18.9 Å². The standard InChI is InChI=1S/C11H10ClFN2O2S/c12-8-5-7(13)1-2-9(8)17-6-10(16)15-11-14-3-4-18-11/h1-2,5H,3-4,6H2,(H,14,15,16). The number of carbonyl (C=O) groups excluding carboxylic acids is 1. The molecule has 0 atom stereocenters. The van der Waals surface area contributed by atoms with Gasteiger partial charge < -0.3 is 10.1 Å². The summed E-state index contributed by atoms with van der Waals surface area (Å²) in [7, 11) is 0. The lowest BCUT2D eigenvalue weighted by Crippen LogP contribution is -2.32. The summed E-state index contributed by atoms with van der Waals surface area (Å²) < 4.78 is 18.0. The van der Waals surface area contributed by atoms with Crippen LogP contribution in [0.15, 0.2) is 23.2 Å². The van der Waals surface area contributed by atoms with Crippen LogP contribution in [0.1, 0.15) is 0 Å². The zero-order valence-electron chi connectivity index (χ0n) is 9.28. The second kappa shape index (κ2) is 6.06. The van der Waals surface area contributed by atoms with E-state index in [2.05, 4.69) is 10.3 Å². The summed E-state index contributed by atoms with van der Waals surface area (Å²) in [5.41, 5.74) is 0. The normalized spacial score (nSPS) is 14.2. The van der Waals surface area contributed by atoms with E-state index in [4.69, 9.17) is 16.3 Å². The molecule has 1 amide bonds. The fourth-order valence-electron chi connectivity index (χ4n) is 1.30. The number of nitrogens with one attached hydrogen (secondary N) is 1. The number of hydrogen-bond acceptors (Lipinski definition) is 4. The van der Waals surface area contributed by atoms with Crippen molar-refractivity contribution >= 4 is 34.4 Å². The lowest BCUT2D eigenvalue weighted by Gasteiger charge is -2.08. The molecule has 1 aromatic carbocycles. The maximum atomic E-state index is 12.8. The minimum Gasteiger partial charge on any atom is -0.482 e. The van der Waals surface area contributed by atoms with Crippen LogP contribution in [0.5, 0.6) is 5.75 Å². The van der Waals surface area contributed by atoms with Crippen molar-refractivity contribution in [3.8, 4) is 5.75 Å². The van der Waals surface area contributed by atoms with Crippen molar-refractivity contribution < 1.29 is 13.9 Å². The predicted molar refractivity (Wildman–Crippen MR) is 69.8 cm³/mol. The number of amides is 1. The third kappa shape index (κ3) is 3.61. The van der Waals surface area contributed by atoms with Gasteiger partial charge in [-0.3, -0.25) is 9.79 Å². The summed E-state index contributed by atoms with van der Waals surface area (Å²) in [5, 5.41) is 3.35. The monoisotopic (exact) mass is 288 g/mol. The van der Waals surface area contributed by atoms with Crippen LogP contribution in [0.3, 0.4) is 0 Å². The molecule has 96 valence electrons. The summed E-state index contributed by atoms with van der Waals surface area (Å²) >= 11 is 7.24. The van der Waals surface area contributed by atoms with Gasteiger partial charge in [0.25, 0.3) is 5.91 Å². The molecule has 1 aromatic rings. The van der Waals surface area contributed by atoms with Gasteiger partial charge >= 0.3 is 0 Å². The Morgan fingerprint density at radius 3 is 3.11 bits per heavy atom. The number of nitrogens with zero attached hydrogens (tertiary/aromatic N) is 1. The minimum absolute atomic E-state index is 0.135. The van der Waals surface area contributed by atoms with Crippen molar-refractivity contribution in [3.63, 3.8) is 0 Å². The van der Waals surface area contributed by atoms with Crippen LogP contribution in [0, 0.1) is 5.82 Å². The predicted octanol–water partition coefficient (Wildman–Crippen LogP) is 2.08. The zero-order valence-corrected chi connectivity index (χ0v) is 10.9. The molecule has 7 heteroatoms. The highest BCUT2D eigenvalue weighted by molar-refractivity contribution is 8.14. The number of aliphatic imine (C=N–C) groups is 1. The fourth-order valence-corrected chi connectivity index (χ4v) is 2.27. The van der Waals surface area contributed by atoms with Gasteiger partial charge in [-0.05, 0) is 18.2 Å². The Kier molecular flexibility index (Phi) is 4.43. The second-order valence-corrected chi connectivity index (χ2v) is 4.94. The Morgan fingerprint density at radius 2 is 2.44 bits per heavy atom. The molecule has 0 bridgehead atoms. The number of hydrogen-bond donors (Lipinski definition) is 1. The fraction of sp³-hybridized carbons (Fsp3) is 0.273. The van der Waals surface area contributed by atoms with Crippen LogP contribution in [0.25, 0.3) is 0 Å². The maximum Gasteiger partial charge on any atom is 0.263 e. The van der Waals surface area contributed by atoms with E-state index in [1.165, 1.54) is 23.9 Å². The highest BCUT2D eigenvalue weighted by Crippen LogP contribution is 2.24. The van der Waals surface area contributed by atoms with Gasteiger partial charge in [-0.1, -0.05) is 23.4 Å².